The molecule has 3 aromatic carbocycles. The Kier molecular flexibility index (Phi) is 4.06. The standard InChI is InChI=1S/C21H15N7O/c29-21(15-4-3-5-17(12-15)28-13-22-26-27-28)23-16-10-8-14(9-11-16)20-24-18-6-1-2-7-19(18)25-20/h1-13H,(H,23,29)(H,24,25). The zero-order chi connectivity index (χ0) is 19.6. The number of nitrogens with one attached hydrogen (secondary N) is 2. The summed E-state index contributed by atoms with van der Waals surface area (Å²) in [6, 6.07) is 22.5. The van der Waals surface area contributed by atoms with Crippen LogP contribution in [0.2, 0.25) is 0 Å². The SMILES string of the molecule is O=C(Nc1ccc(-c2nc3ccccc3[nH]2)cc1)c1cccc(-n2cnnn2)c1. The number of carbonyl (C=O) groups is 1. The number of tetrazole rings is 1. The van der Waals surface area contributed by atoms with Crippen LogP contribution in [0.4, 0.5) is 5.69 Å². The Balaban J connectivity index is 1.34. The van der Waals surface area contributed by atoms with Crippen LogP contribution in [-0.4, -0.2) is 36.1 Å². The van der Waals surface area contributed by atoms with Crippen molar-refractivity contribution < 1.29 is 4.79 Å². The molecule has 2 N–H and O–H groups in total. The number of fused-ring (bicyclic) bond motifs is 1. The van der Waals surface area contributed by atoms with Gasteiger partial charge < -0.3 is 10.3 Å². The molecule has 5 aromatic rings. The van der Waals surface area contributed by atoms with Gasteiger partial charge in [-0.3, -0.25) is 4.79 Å². The lowest BCUT2D eigenvalue weighted by Crippen LogP contribution is -2.12. The van der Waals surface area contributed by atoms with Crippen LogP contribution in [0.3, 0.4) is 0 Å². The van der Waals surface area contributed by atoms with Crippen molar-refractivity contribution in [1.29, 1.82) is 0 Å². The Morgan fingerprint density at radius 2 is 1.83 bits per heavy atom. The third-order valence-electron chi connectivity index (χ3n) is 4.53. The van der Waals surface area contributed by atoms with Gasteiger partial charge in [0.15, 0.2) is 0 Å². The molecule has 0 fully saturated rings. The minimum atomic E-state index is -0.212. The van der Waals surface area contributed by atoms with E-state index in [0.717, 1.165) is 22.4 Å². The van der Waals surface area contributed by atoms with Crippen molar-refractivity contribution in [3.8, 4) is 17.1 Å². The van der Waals surface area contributed by atoms with Gasteiger partial charge in [-0.25, -0.2) is 9.67 Å². The summed E-state index contributed by atoms with van der Waals surface area (Å²) in [5, 5.41) is 14.0. The van der Waals surface area contributed by atoms with Crippen molar-refractivity contribution in [2.75, 3.05) is 5.32 Å². The fourth-order valence-corrected chi connectivity index (χ4v) is 3.07. The number of anilines is 1. The van der Waals surface area contributed by atoms with Crippen LogP contribution in [0.15, 0.2) is 79.1 Å². The summed E-state index contributed by atoms with van der Waals surface area (Å²) in [6.45, 7) is 0. The van der Waals surface area contributed by atoms with Crippen LogP contribution in [0.1, 0.15) is 10.4 Å². The first-order chi connectivity index (χ1) is 14.3. The molecule has 0 radical (unpaired) electrons. The molecule has 0 bridgehead atoms. The summed E-state index contributed by atoms with van der Waals surface area (Å²) in [6.07, 6.45) is 1.48. The first-order valence-electron chi connectivity index (χ1n) is 8.96. The number of amides is 1. The monoisotopic (exact) mass is 381 g/mol. The van der Waals surface area contributed by atoms with E-state index in [0.29, 0.717) is 16.9 Å². The van der Waals surface area contributed by atoms with E-state index in [4.69, 9.17) is 0 Å². The van der Waals surface area contributed by atoms with Gasteiger partial charge in [0.1, 0.15) is 12.2 Å². The number of imidazole rings is 1. The maximum Gasteiger partial charge on any atom is 0.255 e. The fourth-order valence-electron chi connectivity index (χ4n) is 3.07. The Hall–Kier alpha value is -4.33. The highest BCUT2D eigenvalue weighted by atomic mass is 16.1. The van der Waals surface area contributed by atoms with Gasteiger partial charge in [0.25, 0.3) is 5.91 Å². The highest BCUT2D eigenvalue weighted by molar-refractivity contribution is 6.04. The summed E-state index contributed by atoms with van der Waals surface area (Å²) < 4.78 is 1.50. The van der Waals surface area contributed by atoms with Crippen molar-refractivity contribution in [1.82, 2.24) is 30.2 Å². The third kappa shape index (κ3) is 3.34. The molecule has 0 aliphatic rings. The number of aromatic amines is 1. The van der Waals surface area contributed by atoms with Crippen LogP contribution >= 0.6 is 0 Å². The molecular weight excluding hydrogens is 366 g/mol. The first kappa shape index (κ1) is 16.8. The Bertz CT molecular complexity index is 1260. The van der Waals surface area contributed by atoms with E-state index in [1.165, 1.54) is 11.0 Å². The number of hydrogen-bond donors (Lipinski definition) is 2. The van der Waals surface area contributed by atoms with E-state index >= 15 is 0 Å². The molecule has 0 spiro atoms. The largest absolute Gasteiger partial charge is 0.338 e. The number of carbonyl (C=O) groups excluding carboxylic acids is 1. The van der Waals surface area contributed by atoms with Crippen LogP contribution in [0.25, 0.3) is 28.1 Å². The molecule has 0 aliphatic heterocycles. The maximum atomic E-state index is 12.6. The van der Waals surface area contributed by atoms with E-state index in [1.807, 2.05) is 54.6 Å². The van der Waals surface area contributed by atoms with E-state index in [-0.39, 0.29) is 5.91 Å². The number of hydrogen-bond acceptors (Lipinski definition) is 5. The molecule has 2 heterocycles. The summed E-state index contributed by atoms with van der Waals surface area (Å²) in [7, 11) is 0. The molecule has 2 aromatic heterocycles. The van der Waals surface area contributed by atoms with Gasteiger partial charge in [0.2, 0.25) is 0 Å². The Morgan fingerprint density at radius 1 is 0.966 bits per heavy atom. The summed E-state index contributed by atoms with van der Waals surface area (Å²) in [5.74, 6) is 0.578. The van der Waals surface area contributed by atoms with E-state index in [9.17, 15) is 4.79 Å². The molecule has 0 saturated heterocycles. The number of rotatable bonds is 4. The zero-order valence-corrected chi connectivity index (χ0v) is 15.1. The molecule has 8 heteroatoms. The van der Waals surface area contributed by atoms with Crippen molar-refractivity contribution in [3.05, 3.63) is 84.7 Å². The lowest BCUT2D eigenvalue weighted by Gasteiger charge is -2.07. The molecule has 8 nitrogen and oxygen atoms in total. The van der Waals surface area contributed by atoms with Gasteiger partial charge >= 0.3 is 0 Å². The molecule has 0 aliphatic carbocycles. The second-order valence-electron chi connectivity index (χ2n) is 6.44. The van der Waals surface area contributed by atoms with Gasteiger partial charge in [0, 0.05) is 16.8 Å². The number of nitrogens with zero attached hydrogens (tertiary/aromatic N) is 5. The van der Waals surface area contributed by atoms with Crippen molar-refractivity contribution in [2.45, 2.75) is 0 Å². The average Bonchev–Trinajstić information content (AvgIpc) is 3.44. The first-order valence-corrected chi connectivity index (χ1v) is 8.96. The van der Waals surface area contributed by atoms with Gasteiger partial charge in [0.05, 0.1) is 16.7 Å². The number of benzene rings is 3. The molecule has 29 heavy (non-hydrogen) atoms. The topological polar surface area (TPSA) is 101 Å². The second kappa shape index (κ2) is 7.01. The van der Waals surface area contributed by atoms with E-state index < -0.39 is 0 Å². The highest BCUT2D eigenvalue weighted by Gasteiger charge is 2.09. The minimum absolute atomic E-state index is 0.212. The van der Waals surface area contributed by atoms with Gasteiger partial charge in [-0.05, 0) is 65.0 Å². The second-order valence-corrected chi connectivity index (χ2v) is 6.44. The molecule has 0 saturated carbocycles. The highest BCUT2D eigenvalue weighted by Crippen LogP contribution is 2.22. The van der Waals surface area contributed by atoms with Crippen LogP contribution < -0.4 is 5.32 Å². The Morgan fingerprint density at radius 3 is 2.62 bits per heavy atom. The minimum Gasteiger partial charge on any atom is -0.338 e. The molecule has 0 atom stereocenters. The van der Waals surface area contributed by atoms with E-state index in [2.05, 4.69) is 30.8 Å². The molecule has 5 rings (SSSR count). The van der Waals surface area contributed by atoms with Crippen molar-refractivity contribution in [3.63, 3.8) is 0 Å². The predicted molar refractivity (Wildman–Crippen MR) is 109 cm³/mol. The summed E-state index contributed by atoms with van der Waals surface area (Å²) >= 11 is 0. The van der Waals surface area contributed by atoms with Gasteiger partial charge in [-0.15, -0.1) is 5.10 Å². The molecule has 140 valence electrons. The lowest BCUT2D eigenvalue weighted by atomic mass is 10.1. The normalized spacial score (nSPS) is 10.9. The molecule has 0 unspecified atom stereocenters. The van der Waals surface area contributed by atoms with E-state index in [1.54, 1.807) is 18.2 Å². The third-order valence-corrected chi connectivity index (χ3v) is 4.53. The van der Waals surface area contributed by atoms with Gasteiger partial charge in [-0.2, -0.15) is 0 Å². The number of aromatic nitrogens is 6. The Labute approximate surface area is 165 Å². The van der Waals surface area contributed by atoms with Crippen molar-refractivity contribution >= 4 is 22.6 Å². The van der Waals surface area contributed by atoms with Crippen molar-refractivity contribution in [2.24, 2.45) is 0 Å². The predicted octanol–water partition coefficient (Wildman–Crippen LogP) is 3.46. The van der Waals surface area contributed by atoms with Crippen LogP contribution in [0, 0.1) is 0 Å². The molecule has 1 amide bonds. The summed E-state index contributed by atoms with van der Waals surface area (Å²) in [5.41, 5.74) is 4.77. The summed E-state index contributed by atoms with van der Waals surface area (Å²) in [4.78, 5) is 20.5. The number of para-hydroxylation sites is 2. The average molecular weight is 381 g/mol. The molecular formula is C21H15N7O. The quantitative estimate of drug-likeness (QED) is 0.496. The van der Waals surface area contributed by atoms with Crippen LogP contribution in [-0.2, 0) is 0 Å². The van der Waals surface area contributed by atoms with Gasteiger partial charge in [-0.1, -0.05) is 18.2 Å². The lowest BCUT2D eigenvalue weighted by molar-refractivity contribution is 0.102. The van der Waals surface area contributed by atoms with Crippen LogP contribution in [0.5, 0.6) is 0 Å². The smallest absolute Gasteiger partial charge is 0.255 e. The number of H-pyrrole nitrogens is 1. The fraction of sp³-hybridized carbons (Fsp3) is 0. The maximum absolute atomic E-state index is 12.6. The zero-order valence-electron chi connectivity index (χ0n) is 15.1.